The molecule has 0 saturated heterocycles. The lowest BCUT2D eigenvalue weighted by Gasteiger charge is -2.11. The molecule has 0 bridgehead atoms. The normalized spacial score (nSPS) is 10.9. The fourth-order valence-corrected chi connectivity index (χ4v) is 2.48. The Kier molecular flexibility index (Phi) is 4.81. The molecule has 2 aromatic rings. The first-order valence-corrected chi connectivity index (χ1v) is 7.05. The Hall–Kier alpha value is -1.36. The van der Waals surface area contributed by atoms with E-state index in [4.69, 9.17) is 29.0 Å². The summed E-state index contributed by atoms with van der Waals surface area (Å²) in [6, 6.07) is 7.13. The molecule has 0 atom stereocenters. The van der Waals surface area contributed by atoms with E-state index in [1.54, 1.807) is 18.2 Å². The van der Waals surface area contributed by atoms with E-state index in [2.05, 4.69) is 29.2 Å². The number of hydrazine groups is 1. The highest BCUT2D eigenvalue weighted by molar-refractivity contribution is 6.38. The molecule has 3 N–H and O–H groups in total. The van der Waals surface area contributed by atoms with Gasteiger partial charge >= 0.3 is 0 Å². The van der Waals surface area contributed by atoms with Crippen molar-refractivity contribution in [3.8, 4) is 11.4 Å². The van der Waals surface area contributed by atoms with Crippen molar-refractivity contribution >= 4 is 29.0 Å². The lowest BCUT2D eigenvalue weighted by molar-refractivity contribution is 0.635. The van der Waals surface area contributed by atoms with Gasteiger partial charge in [-0.2, -0.15) is 0 Å². The molecule has 106 valence electrons. The van der Waals surface area contributed by atoms with Crippen molar-refractivity contribution in [2.24, 2.45) is 11.8 Å². The molecule has 0 saturated carbocycles. The van der Waals surface area contributed by atoms with E-state index >= 15 is 0 Å². The largest absolute Gasteiger partial charge is 0.308 e. The van der Waals surface area contributed by atoms with Crippen molar-refractivity contribution in [2.45, 2.75) is 20.3 Å². The molecule has 0 radical (unpaired) electrons. The summed E-state index contributed by atoms with van der Waals surface area (Å²) in [5, 5.41) is 1.03. The van der Waals surface area contributed by atoms with Gasteiger partial charge in [0.25, 0.3) is 0 Å². The molecule has 0 amide bonds. The predicted molar refractivity (Wildman–Crippen MR) is 83.8 cm³/mol. The number of aromatic nitrogens is 2. The minimum atomic E-state index is 0.477. The Morgan fingerprint density at radius 1 is 1.20 bits per heavy atom. The van der Waals surface area contributed by atoms with Gasteiger partial charge in [-0.05, 0) is 24.5 Å². The molecular formula is C14H16Cl2N4. The molecule has 0 unspecified atom stereocenters. The van der Waals surface area contributed by atoms with E-state index in [0.717, 1.165) is 12.1 Å². The van der Waals surface area contributed by atoms with Crippen molar-refractivity contribution in [1.82, 2.24) is 9.97 Å². The third kappa shape index (κ3) is 3.39. The van der Waals surface area contributed by atoms with Crippen LogP contribution in [0.1, 0.15) is 19.5 Å². The minimum Gasteiger partial charge on any atom is -0.308 e. The fraction of sp³-hybridized carbons (Fsp3) is 0.286. The number of halogens is 2. The Morgan fingerprint density at radius 2 is 1.85 bits per heavy atom. The standard InChI is InChI=1S/C14H16Cl2N4/c1-8(2)6-9-7-12(20-17)19-14(18-9)13-10(15)4-3-5-11(13)16/h3-5,7-8H,6,17H2,1-2H3,(H,18,19,20). The fourth-order valence-electron chi connectivity index (χ4n) is 1.92. The van der Waals surface area contributed by atoms with Crippen LogP contribution in [0.25, 0.3) is 11.4 Å². The van der Waals surface area contributed by atoms with E-state index in [1.807, 2.05) is 6.07 Å². The Morgan fingerprint density at radius 3 is 2.40 bits per heavy atom. The Bertz CT molecular complexity index is 594. The summed E-state index contributed by atoms with van der Waals surface area (Å²) >= 11 is 12.4. The van der Waals surface area contributed by atoms with E-state index in [9.17, 15) is 0 Å². The highest BCUT2D eigenvalue weighted by atomic mass is 35.5. The van der Waals surface area contributed by atoms with Gasteiger partial charge in [-0.3, -0.25) is 0 Å². The zero-order valence-electron chi connectivity index (χ0n) is 11.3. The Labute approximate surface area is 128 Å². The number of nitrogens with one attached hydrogen (secondary N) is 1. The summed E-state index contributed by atoms with van der Waals surface area (Å²) in [6.07, 6.45) is 0.826. The number of benzene rings is 1. The SMILES string of the molecule is CC(C)Cc1cc(NN)nc(-c2c(Cl)cccc2Cl)n1. The van der Waals surface area contributed by atoms with Gasteiger partial charge in [0.2, 0.25) is 0 Å². The van der Waals surface area contributed by atoms with Crippen molar-refractivity contribution in [2.75, 3.05) is 5.43 Å². The molecule has 20 heavy (non-hydrogen) atoms. The molecular weight excluding hydrogens is 295 g/mol. The zero-order chi connectivity index (χ0) is 14.7. The van der Waals surface area contributed by atoms with Crippen molar-refractivity contribution in [3.63, 3.8) is 0 Å². The number of anilines is 1. The smallest absolute Gasteiger partial charge is 0.164 e. The van der Waals surface area contributed by atoms with Crippen LogP contribution in [0, 0.1) is 5.92 Å². The summed E-state index contributed by atoms with van der Waals surface area (Å²) < 4.78 is 0. The molecule has 0 aliphatic heterocycles. The quantitative estimate of drug-likeness (QED) is 0.663. The molecule has 1 aromatic carbocycles. The molecule has 6 heteroatoms. The van der Waals surface area contributed by atoms with Crippen LogP contribution in [0.15, 0.2) is 24.3 Å². The van der Waals surface area contributed by atoms with E-state index in [1.165, 1.54) is 0 Å². The van der Waals surface area contributed by atoms with E-state index in [-0.39, 0.29) is 0 Å². The minimum absolute atomic E-state index is 0.477. The molecule has 4 nitrogen and oxygen atoms in total. The second kappa shape index (κ2) is 6.39. The molecule has 1 heterocycles. The van der Waals surface area contributed by atoms with Crippen molar-refractivity contribution in [1.29, 1.82) is 0 Å². The van der Waals surface area contributed by atoms with Crippen LogP contribution < -0.4 is 11.3 Å². The first kappa shape index (κ1) is 15.0. The number of nitrogens with zero attached hydrogens (tertiary/aromatic N) is 2. The maximum atomic E-state index is 6.20. The van der Waals surface area contributed by atoms with Gasteiger partial charge in [-0.25, -0.2) is 15.8 Å². The van der Waals surface area contributed by atoms with Crippen LogP contribution >= 0.6 is 23.2 Å². The molecule has 0 aliphatic rings. The van der Waals surface area contributed by atoms with Crippen LogP contribution in [-0.2, 0) is 6.42 Å². The topological polar surface area (TPSA) is 63.8 Å². The summed E-state index contributed by atoms with van der Waals surface area (Å²) in [5.41, 5.74) is 4.07. The van der Waals surface area contributed by atoms with Gasteiger partial charge in [0.05, 0.1) is 15.6 Å². The number of nitrogen functional groups attached to an aromatic ring is 1. The van der Waals surface area contributed by atoms with Gasteiger partial charge in [0, 0.05) is 11.8 Å². The molecule has 0 aliphatic carbocycles. The number of hydrogen-bond acceptors (Lipinski definition) is 4. The van der Waals surface area contributed by atoms with Crippen LogP contribution in [-0.4, -0.2) is 9.97 Å². The summed E-state index contributed by atoms with van der Waals surface area (Å²) in [4.78, 5) is 8.87. The van der Waals surface area contributed by atoms with Crippen molar-refractivity contribution < 1.29 is 0 Å². The van der Waals surface area contributed by atoms with Crippen molar-refractivity contribution in [3.05, 3.63) is 40.0 Å². The molecule has 0 spiro atoms. The second-order valence-electron chi connectivity index (χ2n) is 4.91. The number of rotatable bonds is 4. The highest BCUT2D eigenvalue weighted by Gasteiger charge is 2.14. The Balaban J connectivity index is 2.55. The van der Waals surface area contributed by atoms with Crippen LogP contribution in [0.3, 0.4) is 0 Å². The van der Waals surface area contributed by atoms with Crippen LogP contribution in [0.4, 0.5) is 5.82 Å². The monoisotopic (exact) mass is 310 g/mol. The van der Waals surface area contributed by atoms with Gasteiger partial charge in [-0.1, -0.05) is 43.1 Å². The predicted octanol–water partition coefficient (Wildman–Crippen LogP) is 3.93. The lowest BCUT2D eigenvalue weighted by atomic mass is 10.1. The third-order valence-electron chi connectivity index (χ3n) is 2.73. The second-order valence-corrected chi connectivity index (χ2v) is 5.72. The van der Waals surface area contributed by atoms with Crippen LogP contribution in [0.2, 0.25) is 10.0 Å². The van der Waals surface area contributed by atoms with Gasteiger partial charge in [0.1, 0.15) is 5.82 Å². The highest BCUT2D eigenvalue weighted by Crippen LogP contribution is 2.33. The van der Waals surface area contributed by atoms with E-state index in [0.29, 0.717) is 33.2 Å². The van der Waals surface area contributed by atoms with Gasteiger partial charge in [-0.15, -0.1) is 0 Å². The summed E-state index contributed by atoms with van der Waals surface area (Å²) in [7, 11) is 0. The zero-order valence-corrected chi connectivity index (χ0v) is 12.8. The molecule has 0 fully saturated rings. The molecule has 2 rings (SSSR count). The molecule has 1 aromatic heterocycles. The van der Waals surface area contributed by atoms with Gasteiger partial charge < -0.3 is 5.43 Å². The lowest BCUT2D eigenvalue weighted by Crippen LogP contribution is -2.11. The maximum Gasteiger partial charge on any atom is 0.164 e. The summed E-state index contributed by atoms with van der Waals surface area (Å²) in [6.45, 7) is 4.25. The first-order valence-electron chi connectivity index (χ1n) is 6.30. The van der Waals surface area contributed by atoms with Crippen LogP contribution in [0.5, 0.6) is 0 Å². The average Bonchev–Trinajstić information content (AvgIpc) is 2.37. The first-order chi connectivity index (χ1) is 9.51. The average molecular weight is 311 g/mol. The van der Waals surface area contributed by atoms with E-state index < -0.39 is 0 Å². The van der Waals surface area contributed by atoms with Gasteiger partial charge in [0.15, 0.2) is 5.82 Å². The third-order valence-corrected chi connectivity index (χ3v) is 3.36. The number of hydrogen-bond donors (Lipinski definition) is 2. The summed E-state index contributed by atoms with van der Waals surface area (Å²) in [5.74, 6) is 6.96. The maximum absolute atomic E-state index is 6.20. The number of nitrogens with two attached hydrogens (primary N) is 1.